The highest BCUT2D eigenvalue weighted by molar-refractivity contribution is 5.60. The number of nitrogens with zero attached hydrogens (tertiary/aromatic N) is 3. The first-order chi connectivity index (χ1) is 9.74. The van der Waals surface area contributed by atoms with Crippen molar-refractivity contribution in [1.82, 2.24) is 15.5 Å². The van der Waals surface area contributed by atoms with Crippen molar-refractivity contribution in [1.29, 1.82) is 0 Å². The van der Waals surface area contributed by atoms with Crippen LogP contribution in [0.25, 0.3) is 0 Å². The summed E-state index contributed by atoms with van der Waals surface area (Å²) in [5.74, 6) is 0.887. The van der Waals surface area contributed by atoms with Crippen LogP contribution in [0, 0.1) is 6.92 Å². The minimum atomic E-state index is 0.764. The molecule has 0 aliphatic rings. The highest BCUT2D eigenvalue weighted by atomic mass is 15.3. The molecule has 1 heterocycles. The minimum Gasteiger partial charge on any atom is -0.325 e. The average Bonchev–Trinajstić information content (AvgIpc) is 2.47. The third-order valence-electron chi connectivity index (χ3n) is 3.17. The van der Waals surface area contributed by atoms with E-state index in [0.717, 1.165) is 36.8 Å². The lowest BCUT2D eigenvalue weighted by molar-refractivity contribution is 0.697. The summed E-state index contributed by atoms with van der Waals surface area (Å²) in [6, 6.07) is 12.5. The Morgan fingerprint density at radius 2 is 1.95 bits per heavy atom. The van der Waals surface area contributed by atoms with E-state index >= 15 is 0 Å². The minimum absolute atomic E-state index is 0.764. The lowest BCUT2D eigenvalue weighted by Gasteiger charge is -2.22. The summed E-state index contributed by atoms with van der Waals surface area (Å²) in [5, 5.41) is 11.9. The highest BCUT2D eigenvalue weighted by Gasteiger charge is 2.09. The summed E-state index contributed by atoms with van der Waals surface area (Å²) in [6.45, 7) is 8.87. The second-order valence-electron chi connectivity index (χ2n) is 4.75. The van der Waals surface area contributed by atoms with Gasteiger partial charge in [0.15, 0.2) is 5.82 Å². The van der Waals surface area contributed by atoms with Gasteiger partial charge in [-0.1, -0.05) is 19.1 Å². The van der Waals surface area contributed by atoms with Gasteiger partial charge >= 0.3 is 0 Å². The maximum Gasteiger partial charge on any atom is 0.155 e. The molecule has 4 nitrogen and oxygen atoms in total. The molecule has 0 aliphatic carbocycles. The van der Waals surface area contributed by atoms with Crippen LogP contribution in [0.5, 0.6) is 0 Å². The summed E-state index contributed by atoms with van der Waals surface area (Å²) >= 11 is 0. The molecule has 0 fully saturated rings. The van der Waals surface area contributed by atoms with Gasteiger partial charge in [-0.05, 0) is 50.2 Å². The summed E-state index contributed by atoms with van der Waals surface area (Å²) in [7, 11) is 0. The third kappa shape index (κ3) is 3.54. The van der Waals surface area contributed by atoms with E-state index in [1.807, 2.05) is 12.1 Å². The summed E-state index contributed by atoms with van der Waals surface area (Å²) in [4.78, 5) is 2.16. The summed E-state index contributed by atoms with van der Waals surface area (Å²) in [6.07, 6.45) is 0. The van der Waals surface area contributed by atoms with Crippen LogP contribution in [-0.4, -0.2) is 23.3 Å². The molecule has 4 heteroatoms. The zero-order chi connectivity index (χ0) is 14.4. The van der Waals surface area contributed by atoms with Gasteiger partial charge < -0.3 is 10.2 Å². The fraction of sp³-hybridized carbons (Fsp3) is 0.375. The van der Waals surface area contributed by atoms with E-state index in [2.05, 4.69) is 65.5 Å². The molecule has 0 aliphatic heterocycles. The van der Waals surface area contributed by atoms with Crippen molar-refractivity contribution in [2.24, 2.45) is 0 Å². The number of anilines is 2. The fourth-order valence-corrected chi connectivity index (χ4v) is 2.12. The van der Waals surface area contributed by atoms with E-state index in [4.69, 9.17) is 0 Å². The molecule has 2 aromatic rings. The lowest BCUT2D eigenvalue weighted by Crippen LogP contribution is -2.19. The number of aryl methyl sites for hydroxylation is 1. The summed E-state index contributed by atoms with van der Waals surface area (Å²) in [5.41, 5.74) is 3.37. The van der Waals surface area contributed by atoms with E-state index in [9.17, 15) is 0 Å². The van der Waals surface area contributed by atoms with Gasteiger partial charge in [0.1, 0.15) is 0 Å². The molecule has 0 atom stereocenters. The molecule has 0 unspecified atom stereocenters. The molecular formula is C16H22N4. The van der Waals surface area contributed by atoms with Gasteiger partial charge in [0.2, 0.25) is 0 Å². The van der Waals surface area contributed by atoms with Crippen molar-refractivity contribution < 1.29 is 0 Å². The van der Waals surface area contributed by atoms with Gasteiger partial charge in [0.05, 0.1) is 5.69 Å². The standard InChI is InChI=1S/C16H22N4/c1-4-17-12-14-9-10-16(19-18-14)20(5-2)15-8-6-7-13(3)11-15/h6-11,17H,4-5,12H2,1-3H3. The first-order valence-corrected chi connectivity index (χ1v) is 7.12. The fourth-order valence-electron chi connectivity index (χ4n) is 2.12. The Kier molecular flexibility index (Phi) is 5.07. The maximum absolute atomic E-state index is 4.34. The number of benzene rings is 1. The number of nitrogens with one attached hydrogen (secondary N) is 1. The quantitative estimate of drug-likeness (QED) is 0.876. The molecule has 1 N–H and O–H groups in total. The maximum atomic E-state index is 4.34. The van der Waals surface area contributed by atoms with Crippen molar-refractivity contribution in [3.8, 4) is 0 Å². The highest BCUT2D eigenvalue weighted by Crippen LogP contribution is 2.23. The molecule has 0 radical (unpaired) electrons. The molecule has 1 aromatic heterocycles. The molecule has 1 aromatic carbocycles. The lowest BCUT2D eigenvalue weighted by atomic mass is 10.2. The normalized spacial score (nSPS) is 10.6. The van der Waals surface area contributed by atoms with E-state index in [-0.39, 0.29) is 0 Å². The average molecular weight is 270 g/mol. The van der Waals surface area contributed by atoms with Gasteiger partial charge in [0, 0.05) is 18.8 Å². The smallest absolute Gasteiger partial charge is 0.155 e. The van der Waals surface area contributed by atoms with Gasteiger partial charge in [-0.3, -0.25) is 0 Å². The van der Waals surface area contributed by atoms with Crippen LogP contribution in [0.3, 0.4) is 0 Å². The van der Waals surface area contributed by atoms with Crippen molar-refractivity contribution >= 4 is 11.5 Å². The number of hydrogen-bond acceptors (Lipinski definition) is 4. The Morgan fingerprint density at radius 3 is 2.55 bits per heavy atom. The van der Waals surface area contributed by atoms with Crippen LogP contribution in [0.1, 0.15) is 25.1 Å². The zero-order valence-electron chi connectivity index (χ0n) is 12.4. The van der Waals surface area contributed by atoms with Crippen molar-refractivity contribution in [3.05, 3.63) is 47.7 Å². The second-order valence-corrected chi connectivity index (χ2v) is 4.75. The molecular weight excluding hydrogens is 248 g/mol. The molecule has 2 rings (SSSR count). The Balaban J connectivity index is 2.19. The third-order valence-corrected chi connectivity index (χ3v) is 3.17. The van der Waals surface area contributed by atoms with Crippen molar-refractivity contribution in [3.63, 3.8) is 0 Å². The molecule has 0 spiro atoms. The van der Waals surface area contributed by atoms with Crippen LogP contribution in [0.4, 0.5) is 11.5 Å². The SMILES string of the molecule is CCNCc1ccc(N(CC)c2cccc(C)c2)nn1. The second kappa shape index (κ2) is 7.01. The molecule has 0 saturated heterocycles. The number of aromatic nitrogens is 2. The Hall–Kier alpha value is -1.94. The summed E-state index contributed by atoms with van der Waals surface area (Å²) < 4.78 is 0. The Morgan fingerprint density at radius 1 is 1.10 bits per heavy atom. The number of hydrogen-bond donors (Lipinski definition) is 1. The van der Waals surface area contributed by atoms with Gasteiger partial charge in [0.25, 0.3) is 0 Å². The predicted octanol–water partition coefficient (Wildman–Crippen LogP) is 3.05. The molecule has 0 saturated carbocycles. The van der Waals surface area contributed by atoms with Crippen molar-refractivity contribution in [2.45, 2.75) is 27.3 Å². The van der Waals surface area contributed by atoms with Crippen molar-refractivity contribution in [2.75, 3.05) is 18.0 Å². The predicted molar refractivity (Wildman–Crippen MR) is 83.3 cm³/mol. The zero-order valence-corrected chi connectivity index (χ0v) is 12.4. The van der Waals surface area contributed by atoms with Gasteiger partial charge in [-0.15, -0.1) is 5.10 Å². The van der Waals surface area contributed by atoms with E-state index in [1.165, 1.54) is 5.56 Å². The van der Waals surface area contributed by atoms with Crippen LogP contribution in [0.2, 0.25) is 0 Å². The molecule has 20 heavy (non-hydrogen) atoms. The largest absolute Gasteiger partial charge is 0.325 e. The van der Waals surface area contributed by atoms with Crippen LogP contribution < -0.4 is 10.2 Å². The Labute approximate surface area is 120 Å². The molecule has 0 amide bonds. The molecule has 0 bridgehead atoms. The first-order valence-electron chi connectivity index (χ1n) is 7.12. The van der Waals surface area contributed by atoms with Gasteiger partial charge in [-0.2, -0.15) is 5.10 Å². The van der Waals surface area contributed by atoms with Crippen LogP contribution in [-0.2, 0) is 6.54 Å². The van der Waals surface area contributed by atoms with E-state index < -0.39 is 0 Å². The Bertz CT molecular complexity index is 536. The van der Waals surface area contributed by atoms with Crippen LogP contribution in [0.15, 0.2) is 36.4 Å². The van der Waals surface area contributed by atoms with E-state index in [0.29, 0.717) is 0 Å². The van der Waals surface area contributed by atoms with E-state index in [1.54, 1.807) is 0 Å². The topological polar surface area (TPSA) is 41.0 Å². The number of rotatable bonds is 6. The molecule has 106 valence electrons. The van der Waals surface area contributed by atoms with Gasteiger partial charge in [-0.25, -0.2) is 0 Å². The first kappa shape index (κ1) is 14.5. The van der Waals surface area contributed by atoms with Crippen LogP contribution >= 0.6 is 0 Å². The monoisotopic (exact) mass is 270 g/mol.